The highest BCUT2D eigenvalue weighted by Crippen LogP contribution is 2.15. The number of rotatable bonds is 0. The summed E-state index contributed by atoms with van der Waals surface area (Å²) in [6.07, 6.45) is 17.0. The molecule has 1 heteroatoms. The summed E-state index contributed by atoms with van der Waals surface area (Å²) in [7, 11) is 0. The van der Waals surface area contributed by atoms with Crippen LogP contribution in [0, 0.1) is 12.8 Å². The Morgan fingerprint density at radius 3 is 0.923 bits per heavy atom. The average Bonchev–Trinajstić information content (AvgIpc) is 2.08. The van der Waals surface area contributed by atoms with Crippen molar-refractivity contribution in [1.82, 2.24) is 0 Å². The van der Waals surface area contributed by atoms with Gasteiger partial charge in [0.2, 0.25) is 0 Å². The van der Waals surface area contributed by atoms with Gasteiger partial charge in [-0.2, -0.15) is 0 Å². The number of hydrogen-bond donors (Lipinski definition) is 1. The Kier molecular flexibility index (Phi) is 11.1. The molecule has 0 spiro atoms. The Morgan fingerprint density at radius 2 is 0.846 bits per heavy atom. The van der Waals surface area contributed by atoms with Crippen LogP contribution < -0.4 is 5.73 Å². The van der Waals surface area contributed by atoms with Crippen LogP contribution in [0.1, 0.15) is 59.3 Å². The second-order valence-electron chi connectivity index (χ2n) is 4.49. The lowest BCUT2D eigenvalue weighted by Gasteiger charge is -2.06. The van der Waals surface area contributed by atoms with E-state index in [0.717, 1.165) is 0 Å². The third kappa shape index (κ3) is 34.3. The predicted molar refractivity (Wildman–Crippen MR) is 61.5 cm³/mol. The minimum atomic E-state index is 0. The highest BCUT2D eigenvalue weighted by molar-refractivity contribution is 4.60. The molecule has 13 heavy (non-hydrogen) atoms. The summed E-state index contributed by atoms with van der Waals surface area (Å²) in [6.45, 7) is 5.90. The molecule has 1 fully saturated rings. The van der Waals surface area contributed by atoms with E-state index >= 15 is 0 Å². The monoisotopic (exact) mass is 183 g/mol. The molecule has 0 unspecified atom stereocenters. The highest BCUT2D eigenvalue weighted by Gasteiger charge is 1.96. The van der Waals surface area contributed by atoms with Gasteiger partial charge in [0.1, 0.15) is 0 Å². The summed E-state index contributed by atoms with van der Waals surface area (Å²) in [5, 5.41) is 0. The summed E-state index contributed by atoms with van der Waals surface area (Å²) in [5.41, 5.74) is 5.35. The largest absolute Gasteiger partial charge is 0.326 e. The van der Waals surface area contributed by atoms with Crippen molar-refractivity contribution in [2.24, 2.45) is 5.73 Å². The highest BCUT2D eigenvalue weighted by atomic mass is 14.7. The fourth-order valence-corrected chi connectivity index (χ4v) is 1.06. The molecule has 0 aromatic rings. The standard InChI is InChI=1S/C6H12.C4H11N.C2H2/c1-2-4-6-5-3-1;1-4(2,3)5;1-2/h1-6H2;5H2,1-3H3;1-2H. The second-order valence-corrected chi connectivity index (χ2v) is 4.49. The zero-order valence-corrected chi connectivity index (χ0v) is 9.47. The van der Waals surface area contributed by atoms with E-state index in [9.17, 15) is 0 Å². The van der Waals surface area contributed by atoms with Gasteiger partial charge in [0.25, 0.3) is 0 Å². The Hall–Kier alpha value is -0.480. The second kappa shape index (κ2) is 9.61. The molecule has 0 atom stereocenters. The minimum Gasteiger partial charge on any atom is -0.326 e. The Balaban J connectivity index is 0. The molecule has 1 aliphatic carbocycles. The minimum absolute atomic E-state index is 0. The molecule has 0 heterocycles. The van der Waals surface area contributed by atoms with Gasteiger partial charge in [0, 0.05) is 5.54 Å². The van der Waals surface area contributed by atoms with Gasteiger partial charge in [-0.05, 0) is 20.8 Å². The van der Waals surface area contributed by atoms with E-state index < -0.39 is 0 Å². The van der Waals surface area contributed by atoms with Crippen LogP contribution in [0.25, 0.3) is 0 Å². The van der Waals surface area contributed by atoms with E-state index in [4.69, 9.17) is 5.73 Å². The van der Waals surface area contributed by atoms with Gasteiger partial charge in [-0.1, -0.05) is 38.5 Å². The normalized spacial score (nSPS) is 15.8. The zero-order valence-electron chi connectivity index (χ0n) is 9.47. The molecule has 0 amide bonds. The first-order valence-corrected chi connectivity index (χ1v) is 5.12. The van der Waals surface area contributed by atoms with E-state index in [0.29, 0.717) is 0 Å². The van der Waals surface area contributed by atoms with Crippen LogP contribution in [0.5, 0.6) is 0 Å². The fourth-order valence-electron chi connectivity index (χ4n) is 1.06. The lowest BCUT2D eigenvalue weighted by molar-refractivity contribution is 0.504. The molecule has 0 saturated heterocycles. The van der Waals surface area contributed by atoms with Gasteiger partial charge in [-0.15, -0.1) is 12.8 Å². The van der Waals surface area contributed by atoms with Crippen molar-refractivity contribution < 1.29 is 0 Å². The van der Waals surface area contributed by atoms with Gasteiger partial charge in [-0.3, -0.25) is 0 Å². The summed E-state index contributed by atoms with van der Waals surface area (Å²) in [6, 6.07) is 0. The van der Waals surface area contributed by atoms with Gasteiger partial charge in [0.05, 0.1) is 0 Å². The molecule has 1 saturated carbocycles. The van der Waals surface area contributed by atoms with Crippen LogP contribution in [0.15, 0.2) is 0 Å². The van der Waals surface area contributed by atoms with Crippen molar-refractivity contribution in [1.29, 1.82) is 0 Å². The maximum atomic E-state index is 5.35. The van der Waals surface area contributed by atoms with Crippen molar-refractivity contribution >= 4 is 0 Å². The van der Waals surface area contributed by atoms with Crippen LogP contribution in [-0.4, -0.2) is 5.54 Å². The summed E-state index contributed by atoms with van der Waals surface area (Å²) >= 11 is 0. The molecular formula is C12H25N. The van der Waals surface area contributed by atoms with Gasteiger partial charge in [-0.25, -0.2) is 0 Å². The van der Waals surface area contributed by atoms with E-state index in [1.807, 2.05) is 20.8 Å². The van der Waals surface area contributed by atoms with Crippen molar-refractivity contribution in [2.45, 2.75) is 64.8 Å². The van der Waals surface area contributed by atoms with Crippen LogP contribution in [0.4, 0.5) is 0 Å². The Bertz CT molecular complexity index is 86.5. The maximum Gasteiger partial charge on any atom is 0.00686 e. The Labute approximate surface area is 84.1 Å². The average molecular weight is 183 g/mol. The summed E-state index contributed by atoms with van der Waals surface area (Å²) in [4.78, 5) is 0. The molecule has 78 valence electrons. The molecule has 0 bridgehead atoms. The molecule has 1 aliphatic rings. The molecule has 1 rings (SSSR count). The van der Waals surface area contributed by atoms with Crippen molar-refractivity contribution in [3.05, 3.63) is 0 Å². The van der Waals surface area contributed by atoms with E-state index in [-0.39, 0.29) is 5.54 Å². The molecule has 0 aromatic heterocycles. The maximum absolute atomic E-state index is 5.35. The SMILES string of the molecule is C#C.C1CCCCC1.CC(C)(C)N. The van der Waals surface area contributed by atoms with E-state index in [1.54, 1.807) is 0 Å². The first-order chi connectivity index (χ1) is 6.00. The first-order valence-electron chi connectivity index (χ1n) is 5.12. The van der Waals surface area contributed by atoms with Crippen LogP contribution in [0.2, 0.25) is 0 Å². The number of terminal acetylenes is 1. The predicted octanol–water partition coefficient (Wildman–Crippen LogP) is 3.33. The topological polar surface area (TPSA) is 26.0 Å². The molecule has 1 nitrogen and oxygen atoms in total. The first kappa shape index (κ1) is 15.0. The summed E-state index contributed by atoms with van der Waals surface area (Å²) < 4.78 is 0. The quantitative estimate of drug-likeness (QED) is 0.573. The molecule has 0 aromatic carbocycles. The fraction of sp³-hybridized carbons (Fsp3) is 0.833. The van der Waals surface area contributed by atoms with Crippen LogP contribution in [0.3, 0.4) is 0 Å². The van der Waals surface area contributed by atoms with Crippen molar-refractivity contribution in [2.75, 3.05) is 0 Å². The third-order valence-corrected chi connectivity index (χ3v) is 1.50. The van der Waals surface area contributed by atoms with E-state index in [1.165, 1.54) is 38.5 Å². The molecule has 2 N–H and O–H groups in total. The van der Waals surface area contributed by atoms with Crippen LogP contribution in [-0.2, 0) is 0 Å². The lowest BCUT2D eigenvalue weighted by Crippen LogP contribution is -2.26. The molecule has 0 aliphatic heterocycles. The van der Waals surface area contributed by atoms with Gasteiger partial charge < -0.3 is 5.73 Å². The van der Waals surface area contributed by atoms with Crippen molar-refractivity contribution in [3.63, 3.8) is 0 Å². The van der Waals surface area contributed by atoms with E-state index in [2.05, 4.69) is 12.8 Å². The van der Waals surface area contributed by atoms with Crippen LogP contribution >= 0.6 is 0 Å². The van der Waals surface area contributed by atoms with Gasteiger partial charge in [0.15, 0.2) is 0 Å². The number of nitrogens with two attached hydrogens (primary N) is 1. The van der Waals surface area contributed by atoms with Crippen molar-refractivity contribution in [3.8, 4) is 12.8 Å². The molecule has 0 radical (unpaired) electrons. The zero-order chi connectivity index (χ0) is 10.7. The third-order valence-electron chi connectivity index (χ3n) is 1.50. The molecular weight excluding hydrogens is 158 g/mol. The van der Waals surface area contributed by atoms with Gasteiger partial charge >= 0.3 is 0 Å². The smallest absolute Gasteiger partial charge is 0.00686 e. The lowest BCUT2D eigenvalue weighted by atomic mass is 10.0. The Morgan fingerprint density at radius 1 is 0.769 bits per heavy atom. The summed E-state index contributed by atoms with van der Waals surface area (Å²) in [5.74, 6) is 0. The number of hydrogen-bond acceptors (Lipinski definition) is 1.